The molecule has 3 heteroatoms. The number of nitrogens with zero attached hydrogens (tertiary/aromatic N) is 2. The van der Waals surface area contributed by atoms with Gasteiger partial charge in [-0.3, -0.25) is 0 Å². The van der Waals surface area contributed by atoms with Crippen LogP contribution < -0.4 is 4.74 Å². The van der Waals surface area contributed by atoms with E-state index in [2.05, 4.69) is 24.8 Å². The van der Waals surface area contributed by atoms with E-state index in [4.69, 9.17) is 4.74 Å². The minimum atomic E-state index is -0.0926. The number of rotatable bonds is 6. The van der Waals surface area contributed by atoms with Crippen LogP contribution in [-0.4, -0.2) is 31.6 Å². The van der Waals surface area contributed by atoms with Crippen molar-refractivity contribution in [1.82, 2.24) is 4.90 Å². The fraction of sp³-hybridized carbons (Fsp3) is 0.500. The third kappa shape index (κ3) is 3.76. The normalized spacial score (nSPS) is 12.2. The molecule has 0 fully saturated rings. The topological polar surface area (TPSA) is 36.3 Å². The highest BCUT2D eigenvalue weighted by Gasteiger charge is 2.14. The molecule has 0 aliphatic rings. The Morgan fingerprint density at radius 1 is 1.35 bits per heavy atom. The maximum Gasteiger partial charge on any atom is 0.119 e. The fourth-order valence-electron chi connectivity index (χ4n) is 1.82. The van der Waals surface area contributed by atoms with Crippen LogP contribution in [0, 0.1) is 11.3 Å². The molecule has 1 atom stereocenters. The molecule has 0 spiro atoms. The Balaban J connectivity index is 2.82. The van der Waals surface area contributed by atoms with Crippen molar-refractivity contribution in [3.63, 3.8) is 0 Å². The monoisotopic (exact) mass is 232 g/mol. The zero-order valence-electron chi connectivity index (χ0n) is 10.8. The predicted octanol–water partition coefficient (Wildman–Crippen LogP) is 2.64. The summed E-state index contributed by atoms with van der Waals surface area (Å²) in [6.45, 7) is 6.95. The highest BCUT2D eigenvalue weighted by atomic mass is 16.5. The second-order valence-electron chi connectivity index (χ2n) is 3.94. The van der Waals surface area contributed by atoms with E-state index in [1.165, 1.54) is 0 Å². The molecule has 0 bridgehead atoms. The maximum atomic E-state index is 9.27. The minimum Gasteiger partial charge on any atom is -0.497 e. The molecule has 1 unspecified atom stereocenters. The van der Waals surface area contributed by atoms with Crippen molar-refractivity contribution < 1.29 is 4.74 Å². The van der Waals surface area contributed by atoms with E-state index in [0.29, 0.717) is 0 Å². The zero-order valence-corrected chi connectivity index (χ0v) is 10.8. The number of methoxy groups -OCH3 is 1. The number of hydrogen-bond acceptors (Lipinski definition) is 3. The minimum absolute atomic E-state index is 0.0926. The van der Waals surface area contributed by atoms with Gasteiger partial charge in [0.1, 0.15) is 5.75 Å². The Hall–Kier alpha value is -1.53. The number of nitriles is 1. The lowest BCUT2D eigenvalue weighted by Gasteiger charge is -2.21. The number of ether oxygens (including phenoxy) is 1. The molecule has 0 N–H and O–H groups in total. The first-order valence-corrected chi connectivity index (χ1v) is 6.01. The van der Waals surface area contributed by atoms with Crippen LogP contribution in [0.3, 0.4) is 0 Å². The molecule has 1 aromatic carbocycles. The summed E-state index contributed by atoms with van der Waals surface area (Å²) < 4.78 is 5.18. The molecule has 0 radical (unpaired) electrons. The summed E-state index contributed by atoms with van der Waals surface area (Å²) in [5.41, 5.74) is 1.03. The molecular weight excluding hydrogens is 212 g/mol. The number of benzene rings is 1. The lowest BCUT2D eigenvalue weighted by atomic mass is 10.00. The van der Waals surface area contributed by atoms with E-state index in [1.54, 1.807) is 7.11 Å². The van der Waals surface area contributed by atoms with Crippen molar-refractivity contribution in [3.8, 4) is 11.8 Å². The predicted molar refractivity (Wildman–Crippen MR) is 69.1 cm³/mol. The van der Waals surface area contributed by atoms with Gasteiger partial charge >= 0.3 is 0 Å². The first-order chi connectivity index (χ1) is 8.24. The van der Waals surface area contributed by atoms with Crippen LogP contribution in [0.25, 0.3) is 0 Å². The van der Waals surface area contributed by atoms with Gasteiger partial charge in [0.2, 0.25) is 0 Å². The third-order valence-electron chi connectivity index (χ3n) is 2.99. The summed E-state index contributed by atoms with van der Waals surface area (Å²) in [5, 5.41) is 9.27. The van der Waals surface area contributed by atoms with E-state index in [-0.39, 0.29) is 5.92 Å². The smallest absolute Gasteiger partial charge is 0.119 e. The van der Waals surface area contributed by atoms with Crippen molar-refractivity contribution >= 4 is 0 Å². The van der Waals surface area contributed by atoms with Gasteiger partial charge in [-0.2, -0.15) is 5.26 Å². The third-order valence-corrected chi connectivity index (χ3v) is 2.99. The summed E-state index contributed by atoms with van der Waals surface area (Å²) in [5.74, 6) is 0.715. The summed E-state index contributed by atoms with van der Waals surface area (Å²) >= 11 is 0. The van der Waals surface area contributed by atoms with Gasteiger partial charge in [0.05, 0.1) is 19.1 Å². The van der Waals surface area contributed by atoms with Crippen molar-refractivity contribution in [2.45, 2.75) is 19.8 Å². The SMILES string of the molecule is CCN(CC)CC(C#N)c1cccc(OC)c1. The summed E-state index contributed by atoms with van der Waals surface area (Å²) in [4.78, 5) is 2.26. The van der Waals surface area contributed by atoms with Gasteiger partial charge < -0.3 is 9.64 Å². The quantitative estimate of drug-likeness (QED) is 0.756. The number of likely N-dealkylation sites (N-methyl/N-ethyl adjacent to an activating group) is 1. The highest BCUT2D eigenvalue weighted by molar-refractivity contribution is 5.33. The molecule has 0 aromatic heterocycles. The second-order valence-corrected chi connectivity index (χ2v) is 3.94. The van der Waals surface area contributed by atoms with E-state index in [0.717, 1.165) is 30.9 Å². The van der Waals surface area contributed by atoms with E-state index in [9.17, 15) is 5.26 Å². The molecular formula is C14H20N2O. The van der Waals surface area contributed by atoms with Crippen LogP contribution in [0.5, 0.6) is 5.75 Å². The fourth-order valence-corrected chi connectivity index (χ4v) is 1.82. The largest absolute Gasteiger partial charge is 0.497 e. The van der Waals surface area contributed by atoms with Crippen LogP contribution >= 0.6 is 0 Å². The highest BCUT2D eigenvalue weighted by Crippen LogP contribution is 2.21. The Labute approximate surface area is 104 Å². The van der Waals surface area contributed by atoms with Gasteiger partial charge in [-0.1, -0.05) is 26.0 Å². The van der Waals surface area contributed by atoms with Crippen LogP contribution in [0.15, 0.2) is 24.3 Å². The Morgan fingerprint density at radius 3 is 2.59 bits per heavy atom. The first kappa shape index (κ1) is 13.5. The molecule has 0 aliphatic heterocycles. The van der Waals surface area contributed by atoms with Gasteiger partial charge in [0.15, 0.2) is 0 Å². The van der Waals surface area contributed by atoms with Gasteiger partial charge in [-0.05, 0) is 30.8 Å². The molecule has 17 heavy (non-hydrogen) atoms. The molecule has 0 amide bonds. The van der Waals surface area contributed by atoms with Crippen LogP contribution in [-0.2, 0) is 0 Å². The van der Waals surface area contributed by atoms with Crippen LogP contribution in [0.4, 0.5) is 0 Å². The Morgan fingerprint density at radius 2 is 2.06 bits per heavy atom. The molecule has 0 saturated carbocycles. The number of hydrogen-bond donors (Lipinski definition) is 0. The van der Waals surface area contributed by atoms with Gasteiger partial charge in [0, 0.05) is 6.54 Å². The van der Waals surface area contributed by atoms with Crippen LogP contribution in [0.1, 0.15) is 25.3 Å². The molecule has 1 aromatic rings. The van der Waals surface area contributed by atoms with Crippen LogP contribution in [0.2, 0.25) is 0 Å². The van der Waals surface area contributed by atoms with Gasteiger partial charge in [0.25, 0.3) is 0 Å². The van der Waals surface area contributed by atoms with E-state index >= 15 is 0 Å². The standard InChI is InChI=1S/C14H20N2O/c1-4-16(5-2)11-13(10-15)12-7-6-8-14(9-12)17-3/h6-9,13H,4-5,11H2,1-3H3. The summed E-state index contributed by atoms with van der Waals surface area (Å²) in [6, 6.07) is 10.1. The van der Waals surface area contributed by atoms with E-state index < -0.39 is 0 Å². The van der Waals surface area contributed by atoms with Crippen molar-refractivity contribution in [3.05, 3.63) is 29.8 Å². The van der Waals surface area contributed by atoms with Gasteiger partial charge in [-0.25, -0.2) is 0 Å². The maximum absolute atomic E-state index is 9.27. The molecule has 0 heterocycles. The van der Waals surface area contributed by atoms with Crippen molar-refractivity contribution in [2.24, 2.45) is 0 Å². The van der Waals surface area contributed by atoms with Crippen molar-refractivity contribution in [2.75, 3.05) is 26.7 Å². The summed E-state index contributed by atoms with van der Waals surface area (Å²) in [7, 11) is 1.64. The average molecular weight is 232 g/mol. The lowest BCUT2D eigenvalue weighted by Crippen LogP contribution is -2.27. The first-order valence-electron chi connectivity index (χ1n) is 6.01. The average Bonchev–Trinajstić information content (AvgIpc) is 2.40. The molecule has 92 valence electrons. The molecule has 1 rings (SSSR count). The Bertz CT molecular complexity index is 380. The molecule has 0 saturated heterocycles. The Kier molecular flexibility index (Phi) is 5.51. The zero-order chi connectivity index (χ0) is 12.7. The van der Waals surface area contributed by atoms with Crippen molar-refractivity contribution in [1.29, 1.82) is 5.26 Å². The summed E-state index contributed by atoms with van der Waals surface area (Å²) in [6.07, 6.45) is 0. The van der Waals surface area contributed by atoms with Gasteiger partial charge in [-0.15, -0.1) is 0 Å². The molecule has 0 aliphatic carbocycles. The molecule has 3 nitrogen and oxygen atoms in total. The van der Waals surface area contributed by atoms with E-state index in [1.807, 2.05) is 24.3 Å². The second kappa shape index (κ2) is 6.93. The lowest BCUT2D eigenvalue weighted by molar-refractivity contribution is 0.298.